The number of carbonyl (C=O) groups excluding carboxylic acids is 1. The number of carbonyl (C=O) groups is 1. The fraction of sp³-hybridized carbons (Fsp3) is 0.562. The van der Waals surface area contributed by atoms with Crippen LogP contribution in [0.4, 0.5) is 0 Å². The lowest BCUT2D eigenvalue weighted by molar-refractivity contribution is -0.144. The molecule has 0 spiro atoms. The number of nitrogens with one attached hydrogen (secondary N) is 1. The number of benzene rings is 1. The van der Waals surface area contributed by atoms with Crippen molar-refractivity contribution >= 4 is 21.9 Å². The molecule has 1 aromatic rings. The molecular weight excluding hydrogens is 318 g/mol. The minimum absolute atomic E-state index is 0.144. The van der Waals surface area contributed by atoms with E-state index in [1.807, 2.05) is 12.1 Å². The van der Waals surface area contributed by atoms with Crippen molar-refractivity contribution in [2.75, 3.05) is 7.11 Å². The number of hydrogen-bond acceptors (Lipinski definition) is 3. The van der Waals surface area contributed by atoms with E-state index >= 15 is 0 Å². The summed E-state index contributed by atoms with van der Waals surface area (Å²) < 4.78 is 5.98. The van der Waals surface area contributed by atoms with Crippen LogP contribution in [0.1, 0.15) is 45.2 Å². The lowest BCUT2D eigenvalue weighted by Crippen LogP contribution is -2.44. The summed E-state index contributed by atoms with van der Waals surface area (Å²) in [5.74, 6) is 0.0523. The van der Waals surface area contributed by atoms with Crippen LogP contribution in [0.5, 0.6) is 0 Å². The highest BCUT2D eigenvalue weighted by Crippen LogP contribution is 2.23. The van der Waals surface area contributed by atoms with Gasteiger partial charge < -0.3 is 4.74 Å². The molecule has 1 rings (SSSR count). The summed E-state index contributed by atoms with van der Waals surface area (Å²) in [5, 5.41) is 3.45. The lowest BCUT2D eigenvalue weighted by atomic mass is 9.96. The quantitative estimate of drug-likeness (QED) is 0.759. The SMILES string of the molecule is CCC(NC(C(=O)OC)C(C)CC)c1cccc(Br)c1. The van der Waals surface area contributed by atoms with Gasteiger partial charge in [-0.15, -0.1) is 0 Å². The smallest absolute Gasteiger partial charge is 0.323 e. The Hall–Kier alpha value is -0.870. The normalized spacial score (nSPS) is 15.4. The van der Waals surface area contributed by atoms with Crippen molar-refractivity contribution in [2.45, 2.75) is 45.7 Å². The van der Waals surface area contributed by atoms with Crippen molar-refractivity contribution in [1.82, 2.24) is 5.32 Å². The standard InChI is InChI=1S/C16H24BrNO2/c1-5-11(3)15(16(19)20-4)18-14(6-2)12-8-7-9-13(17)10-12/h7-11,14-15,18H,5-6H2,1-4H3. The number of halogens is 1. The van der Waals surface area contributed by atoms with E-state index < -0.39 is 0 Å². The molecule has 3 unspecified atom stereocenters. The Morgan fingerprint density at radius 2 is 2.05 bits per heavy atom. The first-order valence-electron chi connectivity index (χ1n) is 7.12. The van der Waals surface area contributed by atoms with Gasteiger partial charge in [-0.05, 0) is 30.0 Å². The second-order valence-electron chi connectivity index (χ2n) is 5.07. The van der Waals surface area contributed by atoms with E-state index in [1.165, 1.54) is 12.7 Å². The minimum Gasteiger partial charge on any atom is -0.468 e. The second kappa shape index (κ2) is 8.42. The average Bonchev–Trinajstić information content (AvgIpc) is 2.47. The maximum Gasteiger partial charge on any atom is 0.323 e. The molecule has 0 aromatic heterocycles. The van der Waals surface area contributed by atoms with E-state index in [0.717, 1.165) is 17.3 Å². The first-order chi connectivity index (χ1) is 9.53. The summed E-state index contributed by atoms with van der Waals surface area (Å²) >= 11 is 3.49. The fourth-order valence-corrected chi connectivity index (χ4v) is 2.63. The molecule has 0 aliphatic rings. The third kappa shape index (κ3) is 4.60. The molecule has 3 atom stereocenters. The molecule has 0 heterocycles. The molecule has 0 aliphatic carbocycles. The third-order valence-electron chi connectivity index (χ3n) is 3.71. The molecule has 4 heteroatoms. The number of ether oxygens (including phenoxy) is 1. The summed E-state index contributed by atoms with van der Waals surface area (Å²) in [6.07, 6.45) is 1.85. The van der Waals surface area contributed by atoms with Crippen LogP contribution in [0.15, 0.2) is 28.7 Å². The topological polar surface area (TPSA) is 38.3 Å². The Balaban J connectivity index is 2.91. The highest BCUT2D eigenvalue weighted by Gasteiger charge is 2.27. The van der Waals surface area contributed by atoms with Gasteiger partial charge in [-0.3, -0.25) is 10.1 Å². The molecule has 0 saturated heterocycles. The summed E-state index contributed by atoms with van der Waals surface area (Å²) in [6.45, 7) is 6.27. The summed E-state index contributed by atoms with van der Waals surface area (Å²) in [5.41, 5.74) is 1.18. The Labute approximate surface area is 130 Å². The zero-order chi connectivity index (χ0) is 15.1. The molecule has 1 N–H and O–H groups in total. The van der Waals surface area contributed by atoms with Gasteiger partial charge in [0.15, 0.2) is 0 Å². The molecule has 112 valence electrons. The zero-order valence-electron chi connectivity index (χ0n) is 12.7. The van der Waals surface area contributed by atoms with Gasteiger partial charge in [-0.25, -0.2) is 0 Å². The van der Waals surface area contributed by atoms with Crippen molar-refractivity contribution in [2.24, 2.45) is 5.92 Å². The van der Waals surface area contributed by atoms with Crippen molar-refractivity contribution in [1.29, 1.82) is 0 Å². The molecule has 0 radical (unpaired) electrons. The van der Waals surface area contributed by atoms with Gasteiger partial charge in [0, 0.05) is 10.5 Å². The van der Waals surface area contributed by atoms with Gasteiger partial charge in [0.1, 0.15) is 6.04 Å². The monoisotopic (exact) mass is 341 g/mol. The molecule has 0 bridgehead atoms. The molecule has 0 saturated carbocycles. The van der Waals surface area contributed by atoms with E-state index in [4.69, 9.17) is 4.74 Å². The molecule has 0 amide bonds. The Bertz CT molecular complexity index is 436. The Morgan fingerprint density at radius 1 is 1.35 bits per heavy atom. The number of rotatable bonds is 7. The van der Waals surface area contributed by atoms with Crippen LogP contribution in [0.3, 0.4) is 0 Å². The van der Waals surface area contributed by atoms with Crippen LogP contribution in [0.2, 0.25) is 0 Å². The van der Waals surface area contributed by atoms with Crippen LogP contribution in [0.25, 0.3) is 0 Å². The van der Waals surface area contributed by atoms with Gasteiger partial charge >= 0.3 is 5.97 Å². The lowest BCUT2D eigenvalue weighted by Gasteiger charge is -2.27. The molecule has 20 heavy (non-hydrogen) atoms. The first-order valence-corrected chi connectivity index (χ1v) is 7.92. The van der Waals surface area contributed by atoms with Gasteiger partial charge in [0.25, 0.3) is 0 Å². The average molecular weight is 342 g/mol. The number of hydrogen-bond donors (Lipinski definition) is 1. The fourth-order valence-electron chi connectivity index (χ4n) is 2.22. The Kier molecular flexibility index (Phi) is 7.24. The van der Waals surface area contributed by atoms with E-state index in [0.29, 0.717) is 0 Å². The molecular formula is C16H24BrNO2. The van der Waals surface area contributed by atoms with Crippen LogP contribution >= 0.6 is 15.9 Å². The highest BCUT2D eigenvalue weighted by atomic mass is 79.9. The van der Waals surface area contributed by atoms with Gasteiger partial charge in [-0.2, -0.15) is 0 Å². The maximum atomic E-state index is 12.0. The number of methoxy groups -OCH3 is 1. The maximum absolute atomic E-state index is 12.0. The van der Waals surface area contributed by atoms with Crippen molar-refractivity contribution in [3.8, 4) is 0 Å². The van der Waals surface area contributed by atoms with Crippen LogP contribution in [-0.4, -0.2) is 19.1 Å². The number of esters is 1. The molecule has 1 aromatic carbocycles. The van der Waals surface area contributed by atoms with E-state index in [2.05, 4.69) is 54.2 Å². The highest BCUT2D eigenvalue weighted by molar-refractivity contribution is 9.10. The predicted molar refractivity (Wildman–Crippen MR) is 85.6 cm³/mol. The van der Waals surface area contributed by atoms with Crippen molar-refractivity contribution in [3.05, 3.63) is 34.3 Å². The van der Waals surface area contributed by atoms with Crippen molar-refractivity contribution in [3.63, 3.8) is 0 Å². The van der Waals surface area contributed by atoms with E-state index in [9.17, 15) is 4.79 Å². The summed E-state index contributed by atoms with van der Waals surface area (Å²) in [6, 6.07) is 8.06. The predicted octanol–water partition coefficient (Wildman–Crippen LogP) is 4.08. The van der Waals surface area contributed by atoms with Crippen molar-refractivity contribution < 1.29 is 9.53 Å². The second-order valence-corrected chi connectivity index (χ2v) is 5.98. The third-order valence-corrected chi connectivity index (χ3v) is 4.20. The van der Waals surface area contributed by atoms with Crippen LogP contribution in [0, 0.1) is 5.92 Å². The Morgan fingerprint density at radius 3 is 2.55 bits per heavy atom. The summed E-state index contributed by atoms with van der Waals surface area (Å²) in [7, 11) is 1.44. The van der Waals surface area contributed by atoms with Crippen LogP contribution < -0.4 is 5.32 Å². The molecule has 0 fully saturated rings. The summed E-state index contributed by atoms with van der Waals surface area (Å²) in [4.78, 5) is 12.0. The van der Waals surface area contributed by atoms with E-state index in [-0.39, 0.29) is 24.0 Å². The molecule has 3 nitrogen and oxygen atoms in total. The molecule has 0 aliphatic heterocycles. The van der Waals surface area contributed by atoms with Gasteiger partial charge in [0.05, 0.1) is 7.11 Å². The van der Waals surface area contributed by atoms with Crippen LogP contribution in [-0.2, 0) is 9.53 Å². The zero-order valence-corrected chi connectivity index (χ0v) is 14.2. The van der Waals surface area contributed by atoms with Gasteiger partial charge in [0.2, 0.25) is 0 Å². The largest absolute Gasteiger partial charge is 0.468 e. The van der Waals surface area contributed by atoms with Gasteiger partial charge in [-0.1, -0.05) is 55.3 Å². The minimum atomic E-state index is -0.270. The first kappa shape index (κ1) is 17.2. The van der Waals surface area contributed by atoms with E-state index in [1.54, 1.807) is 0 Å².